The topological polar surface area (TPSA) is 95.9 Å². The molecule has 1 aromatic carbocycles. The minimum atomic E-state index is -1.13. The Morgan fingerprint density at radius 2 is 1.85 bits per heavy atom. The normalized spacial score (nSPS) is 21.2. The van der Waals surface area contributed by atoms with Gasteiger partial charge in [0.15, 0.2) is 0 Å². The van der Waals surface area contributed by atoms with E-state index in [1.54, 1.807) is 20.8 Å². The number of carboxylic acids is 1. The molecule has 2 N–H and O–H groups in total. The Balaban J connectivity index is 2.21. The molecule has 1 fully saturated rings. The molecule has 1 aromatic rings. The van der Waals surface area contributed by atoms with Crippen LogP contribution in [0.15, 0.2) is 30.3 Å². The van der Waals surface area contributed by atoms with E-state index in [0.29, 0.717) is 13.0 Å². The first kappa shape index (κ1) is 19.8. The molecule has 0 radical (unpaired) electrons. The van der Waals surface area contributed by atoms with Gasteiger partial charge in [0, 0.05) is 12.5 Å². The molecule has 0 unspecified atom stereocenters. The van der Waals surface area contributed by atoms with Crippen LogP contribution in [0.1, 0.15) is 45.6 Å². The standard InChI is InChI=1S/C19H26N2O5/c1-12(17(23)24)20-16(22)15-10-14(13-8-6-5-7-9-13)11-21(15)18(25)26-19(2,3)4/h5-9,12,14-15H,10-11H2,1-4H3,(H,20,22)(H,23,24)/t12-,14-,15+/m0/s1. The highest BCUT2D eigenvalue weighted by atomic mass is 16.6. The Kier molecular flexibility index (Phi) is 5.90. The largest absolute Gasteiger partial charge is 0.480 e. The summed E-state index contributed by atoms with van der Waals surface area (Å²) in [7, 11) is 0. The Morgan fingerprint density at radius 1 is 1.23 bits per heavy atom. The molecular weight excluding hydrogens is 336 g/mol. The van der Waals surface area contributed by atoms with Gasteiger partial charge in [-0.1, -0.05) is 30.3 Å². The van der Waals surface area contributed by atoms with Crippen molar-refractivity contribution in [3.63, 3.8) is 0 Å². The van der Waals surface area contributed by atoms with E-state index in [0.717, 1.165) is 5.56 Å². The Morgan fingerprint density at radius 3 is 2.38 bits per heavy atom. The number of likely N-dealkylation sites (tertiary alicyclic amines) is 1. The molecule has 26 heavy (non-hydrogen) atoms. The van der Waals surface area contributed by atoms with Crippen LogP contribution in [0.25, 0.3) is 0 Å². The van der Waals surface area contributed by atoms with Gasteiger partial charge >= 0.3 is 12.1 Å². The number of benzene rings is 1. The number of amides is 2. The number of nitrogens with one attached hydrogen (secondary N) is 1. The van der Waals surface area contributed by atoms with Gasteiger partial charge in [-0.2, -0.15) is 0 Å². The van der Waals surface area contributed by atoms with E-state index in [-0.39, 0.29) is 5.92 Å². The van der Waals surface area contributed by atoms with Gasteiger partial charge in [0.05, 0.1) is 0 Å². The van der Waals surface area contributed by atoms with Gasteiger partial charge in [-0.3, -0.25) is 14.5 Å². The SMILES string of the molecule is C[C@H](NC(=O)[C@H]1C[C@H](c2ccccc2)CN1C(=O)OC(C)(C)C)C(=O)O. The molecule has 3 atom stereocenters. The third-order valence-corrected chi connectivity index (χ3v) is 4.23. The quantitative estimate of drug-likeness (QED) is 0.857. The second-order valence-corrected chi connectivity index (χ2v) is 7.56. The summed E-state index contributed by atoms with van der Waals surface area (Å²) < 4.78 is 5.43. The van der Waals surface area contributed by atoms with Crippen molar-refractivity contribution in [3.8, 4) is 0 Å². The van der Waals surface area contributed by atoms with Crippen molar-refractivity contribution >= 4 is 18.0 Å². The van der Waals surface area contributed by atoms with Crippen LogP contribution in [-0.4, -0.2) is 52.2 Å². The first-order valence-electron chi connectivity index (χ1n) is 8.66. The predicted octanol–water partition coefficient (Wildman–Crippen LogP) is 2.37. The predicted molar refractivity (Wildman–Crippen MR) is 95.8 cm³/mol. The molecule has 7 nitrogen and oxygen atoms in total. The average Bonchev–Trinajstić information content (AvgIpc) is 2.99. The highest BCUT2D eigenvalue weighted by molar-refractivity contribution is 5.89. The number of rotatable bonds is 4. The van der Waals surface area contributed by atoms with Crippen molar-refractivity contribution in [2.45, 2.75) is 57.7 Å². The maximum Gasteiger partial charge on any atom is 0.410 e. The molecule has 1 saturated heterocycles. The number of aliphatic carboxylic acids is 1. The van der Waals surface area contributed by atoms with Gasteiger partial charge in [0.2, 0.25) is 5.91 Å². The van der Waals surface area contributed by atoms with E-state index in [9.17, 15) is 14.4 Å². The van der Waals surface area contributed by atoms with Crippen molar-refractivity contribution in [1.29, 1.82) is 0 Å². The first-order chi connectivity index (χ1) is 12.1. The van der Waals surface area contributed by atoms with Crippen LogP contribution in [0, 0.1) is 0 Å². The number of hydrogen-bond acceptors (Lipinski definition) is 4. The number of hydrogen-bond donors (Lipinski definition) is 2. The zero-order chi connectivity index (χ0) is 19.5. The summed E-state index contributed by atoms with van der Waals surface area (Å²) in [6.45, 7) is 7.02. The van der Waals surface area contributed by atoms with Crippen molar-refractivity contribution in [1.82, 2.24) is 10.2 Å². The lowest BCUT2D eigenvalue weighted by molar-refractivity contribution is -0.141. The average molecular weight is 362 g/mol. The maximum absolute atomic E-state index is 12.6. The molecule has 1 aliphatic heterocycles. The zero-order valence-electron chi connectivity index (χ0n) is 15.6. The fourth-order valence-electron chi connectivity index (χ4n) is 2.94. The zero-order valence-corrected chi connectivity index (χ0v) is 15.6. The van der Waals surface area contributed by atoms with Gasteiger partial charge < -0.3 is 15.2 Å². The van der Waals surface area contributed by atoms with E-state index in [2.05, 4.69) is 5.32 Å². The Bertz CT molecular complexity index is 668. The number of carbonyl (C=O) groups is 3. The van der Waals surface area contributed by atoms with E-state index in [1.807, 2.05) is 30.3 Å². The third-order valence-electron chi connectivity index (χ3n) is 4.23. The summed E-state index contributed by atoms with van der Waals surface area (Å²) in [6, 6.07) is 7.84. The molecule has 0 bridgehead atoms. The number of carboxylic acid groups (broad SMARTS) is 1. The van der Waals surface area contributed by atoms with Gasteiger partial charge in [-0.25, -0.2) is 4.79 Å². The van der Waals surface area contributed by atoms with Crippen molar-refractivity contribution in [2.75, 3.05) is 6.54 Å². The van der Waals surface area contributed by atoms with Crippen LogP contribution in [0.3, 0.4) is 0 Å². The molecule has 7 heteroatoms. The fourth-order valence-corrected chi connectivity index (χ4v) is 2.94. The van der Waals surface area contributed by atoms with Crippen LogP contribution < -0.4 is 5.32 Å². The maximum atomic E-state index is 12.6. The van der Waals surface area contributed by atoms with E-state index >= 15 is 0 Å². The van der Waals surface area contributed by atoms with Gasteiger partial charge in [-0.15, -0.1) is 0 Å². The lowest BCUT2D eigenvalue weighted by atomic mass is 9.96. The molecule has 0 spiro atoms. The monoisotopic (exact) mass is 362 g/mol. The molecular formula is C19H26N2O5. The summed E-state index contributed by atoms with van der Waals surface area (Å²) in [6.07, 6.45) is -0.152. The van der Waals surface area contributed by atoms with E-state index < -0.39 is 35.7 Å². The summed E-state index contributed by atoms with van der Waals surface area (Å²) in [5.41, 5.74) is 0.347. The van der Waals surface area contributed by atoms with Crippen LogP contribution >= 0.6 is 0 Å². The van der Waals surface area contributed by atoms with Crippen LogP contribution in [0.4, 0.5) is 4.79 Å². The molecule has 1 aliphatic rings. The first-order valence-corrected chi connectivity index (χ1v) is 8.66. The molecule has 2 rings (SSSR count). The lowest BCUT2D eigenvalue weighted by Gasteiger charge is -2.28. The molecule has 2 amide bonds. The second kappa shape index (κ2) is 7.76. The van der Waals surface area contributed by atoms with Crippen molar-refractivity contribution < 1.29 is 24.2 Å². The van der Waals surface area contributed by atoms with Crippen molar-refractivity contribution in [2.24, 2.45) is 0 Å². The van der Waals surface area contributed by atoms with Crippen LogP contribution in [0.5, 0.6) is 0 Å². The third kappa shape index (κ3) is 4.97. The second-order valence-electron chi connectivity index (χ2n) is 7.56. The molecule has 0 aliphatic carbocycles. The van der Waals surface area contributed by atoms with E-state index in [1.165, 1.54) is 11.8 Å². The highest BCUT2D eigenvalue weighted by Crippen LogP contribution is 2.33. The van der Waals surface area contributed by atoms with Crippen LogP contribution in [0.2, 0.25) is 0 Å². The summed E-state index contributed by atoms with van der Waals surface area (Å²) in [5, 5.41) is 11.5. The highest BCUT2D eigenvalue weighted by Gasteiger charge is 2.42. The summed E-state index contributed by atoms with van der Waals surface area (Å²) in [5.74, 6) is -1.62. The Labute approximate surface area is 153 Å². The summed E-state index contributed by atoms with van der Waals surface area (Å²) in [4.78, 5) is 37.6. The number of ether oxygens (including phenoxy) is 1. The number of nitrogens with zero attached hydrogens (tertiary/aromatic N) is 1. The fraction of sp³-hybridized carbons (Fsp3) is 0.526. The minimum absolute atomic E-state index is 0.0143. The van der Waals surface area contributed by atoms with Gasteiger partial charge in [-0.05, 0) is 39.7 Å². The van der Waals surface area contributed by atoms with Crippen molar-refractivity contribution in [3.05, 3.63) is 35.9 Å². The smallest absolute Gasteiger partial charge is 0.410 e. The van der Waals surface area contributed by atoms with Gasteiger partial charge in [0.1, 0.15) is 17.7 Å². The molecule has 0 aromatic heterocycles. The van der Waals surface area contributed by atoms with Gasteiger partial charge in [0.25, 0.3) is 0 Å². The molecule has 1 heterocycles. The minimum Gasteiger partial charge on any atom is -0.480 e. The van der Waals surface area contributed by atoms with E-state index in [4.69, 9.17) is 9.84 Å². The Hall–Kier alpha value is -2.57. The number of carbonyl (C=O) groups excluding carboxylic acids is 2. The molecule has 0 saturated carbocycles. The molecule has 142 valence electrons. The lowest BCUT2D eigenvalue weighted by Crippen LogP contribution is -2.50. The summed E-state index contributed by atoms with van der Waals surface area (Å²) >= 11 is 0. The van der Waals surface area contributed by atoms with Crippen LogP contribution in [-0.2, 0) is 14.3 Å².